The molecule has 0 aliphatic carbocycles. The number of ether oxygens (including phenoxy) is 1. The molecule has 4 heterocycles. The van der Waals surface area contributed by atoms with E-state index in [1.54, 1.807) is 18.7 Å². The van der Waals surface area contributed by atoms with Crippen LogP contribution in [0.25, 0.3) is 0 Å². The Hall–Kier alpha value is -1.78. The summed E-state index contributed by atoms with van der Waals surface area (Å²) in [6, 6.07) is 2.57. The van der Waals surface area contributed by atoms with Crippen LogP contribution in [-0.4, -0.2) is 57.3 Å². The third-order valence-corrected chi connectivity index (χ3v) is 6.38. The third-order valence-electron chi connectivity index (χ3n) is 5.24. The summed E-state index contributed by atoms with van der Waals surface area (Å²) in [6.45, 7) is 6.31. The molecule has 2 aromatic heterocycles. The van der Waals surface area contributed by atoms with E-state index >= 15 is 0 Å². The first-order chi connectivity index (χ1) is 13.2. The lowest BCUT2D eigenvalue weighted by atomic mass is 9.74. The van der Waals surface area contributed by atoms with E-state index in [0.29, 0.717) is 5.69 Å². The predicted octanol–water partition coefficient (Wildman–Crippen LogP) is 2.98. The number of aromatic nitrogens is 3. The molecule has 10 heteroatoms. The van der Waals surface area contributed by atoms with Crippen LogP contribution in [0.1, 0.15) is 17.0 Å². The van der Waals surface area contributed by atoms with Gasteiger partial charge in [-0.3, -0.25) is 4.90 Å². The van der Waals surface area contributed by atoms with E-state index in [1.165, 1.54) is 18.0 Å². The van der Waals surface area contributed by atoms with E-state index in [-0.39, 0.29) is 5.41 Å². The second-order valence-electron chi connectivity index (χ2n) is 7.61. The fraction of sp³-hybridized carbons (Fsp3) is 0.556. The minimum absolute atomic E-state index is 0.287. The summed E-state index contributed by atoms with van der Waals surface area (Å²) in [5, 5.41) is 4.23. The smallest absolute Gasteiger partial charge is 0.433 e. The summed E-state index contributed by atoms with van der Waals surface area (Å²) >= 11 is 1.49. The molecule has 0 aromatic carbocycles. The van der Waals surface area contributed by atoms with Crippen LogP contribution in [0.2, 0.25) is 0 Å². The van der Waals surface area contributed by atoms with Gasteiger partial charge in [-0.2, -0.15) is 18.3 Å². The highest BCUT2D eigenvalue weighted by atomic mass is 32.2. The third kappa shape index (κ3) is 3.60. The molecule has 2 aliphatic rings. The zero-order valence-corrected chi connectivity index (χ0v) is 16.8. The van der Waals surface area contributed by atoms with Crippen LogP contribution in [0.3, 0.4) is 0 Å². The minimum atomic E-state index is -4.40. The highest BCUT2D eigenvalue weighted by molar-refractivity contribution is 7.97. The Kier molecular flexibility index (Phi) is 4.83. The molecule has 28 heavy (non-hydrogen) atoms. The van der Waals surface area contributed by atoms with Gasteiger partial charge in [0.1, 0.15) is 5.69 Å². The largest absolute Gasteiger partial charge is 0.481 e. The Bertz CT molecular complexity index is 871. The van der Waals surface area contributed by atoms with E-state index in [4.69, 9.17) is 4.74 Å². The van der Waals surface area contributed by atoms with Crippen molar-refractivity contribution in [1.82, 2.24) is 24.0 Å². The number of halogens is 3. The van der Waals surface area contributed by atoms with Gasteiger partial charge in [-0.15, -0.1) is 0 Å². The van der Waals surface area contributed by atoms with Crippen molar-refractivity contribution in [3.63, 3.8) is 0 Å². The van der Waals surface area contributed by atoms with Gasteiger partial charge in [0.2, 0.25) is 5.88 Å². The molecule has 0 saturated carbocycles. The molecule has 1 spiro atoms. The number of likely N-dealkylation sites (tertiary alicyclic amines) is 1. The second-order valence-corrected chi connectivity index (χ2v) is 8.75. The van der Waals surface area contributed by atoms with Crippen molar-refractivity contribution >= 4 is 11.9 Å². The zero-order valence-electron chi connectivity index (χ0n) is 16.0. The van der Waals surface area contributed by atoms with E-state index in [2.05, 4.69) is 19.3 Å². The molecular formula is C18H22F3N5OS. The van der Waals surface area contributed by atoms with Crippen LogP contribution in [-0.2, 0) is 19.8 Å². The van der Waals surface area contributed by atoms with Crippen LogP contribution in [0, 0.1) is 12.3 Å². The van der Waals surface area contributed by atoms with Crippen LogP contribution < -0.4 is 4.74 Å². The molecule has 0 radical (unpaired) electrons. The van der Waals surface area contributed by atoms with Gasteiger partial charge in [0.15, 0.2) is 0 Å². The normalized spacial score (nSPS) is 19.5. The lowest BCUT2D eigenvalue weighted by Crippen LogP contribution is -2.70. The summed E-state index contributed by atoms with van der Waals surface area (Å²) in [7, 11) is 3.51. The summed E-state index contributed by atoms with van der Waals surface area (Å²) in [4.78, 5) is 6.85. The lowest BCUT2D eigenvalue weighted by Gasteiger charge is -2.59. The summed E-state index contributed by atoms with van der Waals surface area (Å²) < 4.78 is 47.5. The molecule has 4 rings (SSSR count). The standard InChI is InChI=1S/C18H22F3N5OS/c1-12-14(4-5-15(23-12)18(19,20)21)28-26-10-17(11-26)8-25(9-17)7-13-6-22-24(2)16(13)27-3/h4-6H,7-11H2,1-3H3. The van der Waals surface area contributed by atoms with Gasteiger partial charge in [-0.05, 0) is 31.0 Å². The van der Waals surface area contributed by atoms with Crippen molar-refractivity contribution in [2.24, 2.45) is 12.5 Å². The molecule has 0 atom stereocenters. The van der Waals surface area contributed by atoms with Crippen molar-refractivity contribution in [3.05, 3.63) is 35.3 Å². The van der Waals surface area contributed by atoms with Gasteiger partial charge >= 0.3 is 6.18 Å². The van der Waals surface area contributed by atoms with Crippen LogP contribution in [0.4, 0.5) is 13.2 Å². The lowest BCUT2D eigenvalue weighted by molar-refractivity contribution is -0.141. The number of methoxy groups -OCH3 is 1. The highest BCUT2D eigenvalue weighted by Gasteiger charge is 2.52. The molecule has 2 aliphatic heterocycles. The first-order valence-electron chi connectivity index (χ1n) is 8.94. The molecule has 0 amide bonds. The van der Waals surface area contributed by atoms with E-state index in [1.807, 2.05) is 13.2 Å². The fourth-order valence-corrected chi connectivity index (χ4v) is 5.27. The molecule has 152 valence electrons. The SMILES string of the molecule is COc1c(CN2CC3(C2)CN(Sc2ccc(C(F)(F)F)nc2C)C3)cnn1C. The summed E-state index contributed by atoms with van der Waals surface area (Å²) in [5.74, 6) is 0.789. The van der Waals surface area contributed by atoms with Crippen molar-refractivity contribution in [3.8, 4) is 5.88 Å². The Morgan fingerprint density at radius 2 is 1.93 bits per heavy atom. The van der Waals surface area contributed by atoms with Crippen molar-refractivity contribution in [1.29, 1.82) is 0 Å². The number of rotatable bonds is 5. The number of hydrogen-bond donors (Lipinski definition) is 0. The fourth-order valence-electron chi connectivity index (χ4n) is 4.01. The maximum atomic E-state index is 12.7. The molecule has 0 unspecified atom stereocenters. The van der Waals surface area contributed by atoms with Crippen LogP contribution >= 0.6 is 11.9 Å². The Morgan fingerprint density at radius 3 is 2.54 bits per heavy atom. The number of pyridine rings is 1. The van der Waals surface area contributed by atoms with Crippen LogP contribution in [0.15, 0.2) is 23.2 Å². The zero-order chi connectivity index (χ0) is 20.1. The summed E-state index contributed by atoms with van der Waals surface area (Å²) in [5.41, 5.74) is 0.946. The van der Waals surface area contributed by atoms with Gasteiger partial charge in [-0.1, -0.05) is 0 Å². The average molecular weight is 413 g/mol. The summed E-state index contributed by atoms with van der Waals surface area (Å²) in [6.07, 6.45) is -2.56. The predicted molar refractivity (Wildman–Crippen MR) is 98.9 cm³/mol. The molecule has 2 fully saturated rings. The monoisotopic (exact) mass is 413 g/mol. The van der Waals surface area contributed by atoms with E-state index in [9.17, 15) is 13.2 Å². The molecule has 2 aromatic rings. The first-order valence-corrected chi connectivity index (χ1v) is 9.71. The quantitative estimate of drug-likeness (QED) is 0.703. The van der Waals surface area contributed by atoms with E-state index in [0.717, 1.165) is 55.1 Å². The first kappa shape index (κ1) is 19.5. The van der Waals surface area contributed by atoms with Crippen molar-refractivity contribution in [2.45, 2.75) is 24.5 Å². The van der Waals surface area contributed by atoms with Crippen molar-refractivity contribution in [2.75, 3.05) is 33.3 Å². The topological polar surface area (TPSA) is 46.4 Å². The highest BCUT2D eigenvalue weighted by Crippen LogP contribution is 2.45. The molecule has 6 nitrogen and oxygen atoms in total. The molecule has 0 N–H and O–H groups in total. The Morgan fingerprint density at radius 1 is 1.21 bits per heavy atom. The average Bonchev–Trinajstić information content (AvgIpc) is 2.91. The van der Waals surface area contributed by atoms with Gasteiger partial charge in [0, 0.05) is 55.6 Å². The van der Waals surface area contributed by atoms with Gasteiger partial charge < -0.3 is 4.74 Å². The van der Waals surface area contributed by atoms with Crippen molar-refractivity contribution < 1.29 is 17.9 Å². The van der Waals surface area contributed by atoms with Crippen LogP contribution in [0.5, 0.6) is 5.88 Å². The van der Waals surface area contributed by atoms with Gasteiger partial charge in [-0.25, -0.2) is 14.0 Å². The molecule has 0 bridgehead atoms. The number of alkyl halides is 3. The molecule has 2 saturated heterocycles. The maximum absolute atomic E-state index is 12.7. The van der Waals surface area contributed by atoms with E-state index < -0.39 is 11.9 Å². The van der Waals surface area contributed by atoms with Gasteiger partial charge in [0.25, 0.3) is 0 Å². The number of hydrogen-bond acceptors (Lipinski definition) is 6. The number of aryl methyl sites for hydroxylation is 2. The Labute approximate surface area is 165 Å². The maximum Gasteiger partial charge on any atom is 0.433 e. The van der Waals surface area contributed by atoms with Gasteiger partial charge in [0.05, 0.1) is 19.0 Å². The Balaban J connectivity index is 1.28. The second kappa shape index (κ2) is 6.93. The number of nitrogens with zero attached hydrogens (tertiary/aromatic N) is 5. The molecular weight excluding hydrogens is 391 g/mol. The minimum Gasteiger partial charge on any atom is -0.481 e.